The molecular weight excluding hydrogens is 563 g/mol. The van der Waals surface area contributed by atoms with E-state index in [0.717, 1.165) is 44.2 Å². The van der Waals surface area contributed by atoms with Crippen LogP contribution in [-0.4, -0.2) is 19.3 Å². The average molecular weight is 589 g/mol. The molecule has 0 N–H and O–H groups in total. The number of rotatable bonds is 5. The van der Waals surface area contributed by atoms with E-state index in [9.17, 15) is 14.9 Å². The molecule has 8 heteroatoms. The van der Waals surface area contributed by atoms with Gasteiger partial charge in [0, 0.05) is 52.5 Å². The van der Waals surface area contributed by atoms with Gasteiger partial charge in [0.1, 0.15) is 35.3 Å². The molecule has 3 aromatic heterocycles. The Hall–Kier alpha value is -6.25. The van der Waals surface area contributed by atoms with Crippen molar-refractivity contribution in [3.8, 4) is 46.3 Å². The normalized spacial score (nSPS) is 11.1. The van der Waals surface area contributed by atoms with E-state index in [-0.39, 0.29) is 5.82 Å². The molecule has 45 heavy (non-hydrogen) atoms. The van der Waals surface area contributed by atoms with Crippen LogP contribution >= 0.6 is 0 Å². The number of hydrogen-bond donors (Lipinski definition) is 0. The molecule has 0 aliphatic heterocycles. The molecule has 0 saturated carbocycles. The predicted octanol–water partition coefficient (Wildman–Crippen LogP) is 8.63. The third kappa shape index (κ3) is 4.57. The Bertz CT molecular complexity index is 2350. The highest BCUT2D eigenvalue weighted by atomic mass is 19.1. The molecule has 0 radical (unpaired) electrons. The summed E-state index contributed by atoms with van der Waals surface area (Å²) in [6, 6.07) is 28.6. The Morgan fingerprint density at radius 3 is 2.24 bits per heavy atom. The molecule has 7 rings (SSSR count). The SMILES string of the molecule is Cc1c(C)c(C#N)c(-c2cnn(-c3cccc(Oc4ccc5c6ccccc6n(-c6cc(F)ccn6)c5c4)c3)c2)c(C#N)c1C. The summed E-state index contributed by atoms with van der Waals surface area (Å²) in [5.74, 6) is 1.31. The number of benzene rings is 4. The van der Waals surface area contributed by atoms with Gasteiger partial charge < -0.3 is 4.74 Å². The van der Waals surface area contributed by atoms with Crippen LogP contribution in [0.25, 0.3) is 44.4 Å². The van der Waals surface area contributed by atoms with Crippen molar-refractivity contribution in [2.75, 3.05) is 0 Å². The maximum absolute atomic E-state index is 14.2. The van der Waals surface area contributed by atoms with E-state index in [4.69, 9.17) is 4.74 Å². The van der Waals surface area contributed by atoms with Gasteiger partial charge >= 0.3 is 0 Å². The molecule has 7 aromatic rings. The second-order valence-electron chi connectivity index (χ2n) is 10.9. The summed E-state index contributed by atoms with van der Waals surface area (Å²) >= 11 is 0. The van der Waals surface area contributed by atoms with Crippen LogP contribution in [0.3, 0.4) is 0 Å². The zero-order valence-corrected chi connectivity index (χ0v) is 24.7. The number of nitrogens with zero attached hydrogens (tertiary/aromatic N) is 6. The number of pyridine rings is 1. The summed E-state index contributed by atoms with van der Waals surface area (Å²) in [5, 5.41) is 26.5. The highest BCUT2D eigenvalue weighted by Gasteiger charge is 2.21. The topological polar surface area (TPSA) is 92.4 Å². The zero-order chi connectivity index (χ0) is 31.2. The molecule has 0 spiro atoms. The second-order valence-corrected chi connectivity index (χ2v) is 10.9. The molecule has 216 valence electrons. The molecule has 0 atom stereocenters. The Labute approximate surface area is 258 Å². The first kappa shape index (κ1) is 27.6. The molecule has 7 nitrogen and oxygen atoms in total. The summed E-state index contributed by atoms with van der Waals surface area (Å²) < 4.78 is 24.2. The van der Waals surface area contributed by atoms with Gasteiger partial charge in [0.05, 0.1) is 34.0 Å². The fourth-order valence-electron chi connectivity index (χ4n) is 5.92. The summed E-state index contributed by atoms with van der Waals surface area (Å²) in [4.78, 5) is 4.44. The zero-order valence-electron chi connectivity index (χ0n) is 24.7. The predicted molar refractivity (Wildman–Crippen MR) is 171 cm³/mol. The van der Waals surface area contributed by atoms with E-state index in [1.165, 1.54) is 18.3 Å². The van der Waals surface area contributed by atoms with Crippen LogP contribution in [0.4, 0.5) is 4.39 Å². The summed E-state index contributed by atoms with van der Waals surface area (Å²) in [6.45, 7) is 5.74. The first-order valence-corrected chi connectivity index (χ1v) is 14.3. The Morgan fingerprint density at radius 1 is 0.756 bits per heavy atom. The average Bonchev–Trinajstić information content (AvgIpc) is 3.67. The minimum Gasteiger partial charge on any atom is -0.457 e. The van der Waals surface area contributed by atoms with Crippen LogP contribution < -0.4 is 4.74 Å². The maximum Gasteiger partial charge on any atom is 0.140 e. The lowest BCUT2D eigenvalue weighted by molar-refractivity contribution is 0.483. The van der Waals surface area contributed by atoms with Crippen molar-refractivity contribution in [1.82, 2.24) is 19.3 Å². The fraction of sp³-hybridized carbons (Fsp3) is 0.0811. The van der Waals surface area contributed by atoms with E-state index in [1.54, 1.807) is 10.9 Å². The maximum atomic E-state index is 14.2. The number of hydrogen-bond acceptors (Lipinski definition) is 5. The van der Waals surface area contributed by atoms with Crippen molar-refractivity contribution in [3.63, 3.8) is 0 Å². The van der Waals surface area contributed by atoms with E-state index in [2.05, 4.69) is 22.2 Å². The van der Waals surface area contributed by atoms with Crippen LogP contribution in [0, 0.1) is 49.3 Å². The lowest BCUT2D eigenvalue weighted by Crippen LogP contribution is -2.00. The Balaban J connectivity index is 1.26. The van der Waals surface area contributed by atoms with Crippen LogP contribution in [0.5, 0.6) is 11.5 Å². The number of fused-ring (bicyclic) bond motifs is 3. The van der Waals surface area contributed by atoms with Crippen molar-refractivity contribution < 1.29 is 9.13 Å². The van der Waals surface area contributed by atoms with E-state index < -0.39 is 0 Å². The minimum atomic E-state index is -0.364. The van der Waals surface area contributed by atoms with Crippen LogP contribution in [0.15, 0.2) is 97.5 Å². The number of halogens is 1. The van der Waals surface area contributed by atoms with Gasteiger partial charge in [0.15, 0.2) is 0 Å². The van der Waals surface area contributed by atoms with Crippen LogP contribution in [-0.2, 0) is 0 Å². The quantitative estimate of drug-likeness (QED) is 0.201. The molecule has 0 aliphatic rings. The molecular formula is C37H25FN6O. The van der Waals surface area contributed by atoms with Gasteiger partial charge in [-0.3, -0.25) is 4.57 Å². The molecule has 0 amide bonds. The number of nitriles is 2. The molecule has 0 unspecified atom stereocenters. The third-order valence-electron chi connectivity index (χ3n) is 8.37. The van der Waals surface area contributed by atoms with E-state index in [0.29, 0.717) is 39.6 Å². The molecule has 0 aliphatic carbocycles. The lowest BCUT2D eigenvalue weighted by Gasteiger charge is -2.14. The van der Waals surface area contributed by atoms with Crippen molar-refractivity contribution in [2.45, 2.75) is 20.8 Å². The van der Waals surface area contributed by atoms with Gasteiger partial charge in [-0.1, -0.05) is 24.3 Å². The lowest BCUT2D eigenvalue weighted by atomic mass is 9.87. The van der Waals surface area contributed by atoms with E-state index in [1.807, 2.05) is 98.3 Å². The molecule has 0 saturated heterocycles. The first-order valence-electron chi connectivity index (χ1n) is 14.3. The van der Waals surface area contributed by atoms with Gasteiger partial charge in [0.2, 0.25) is 0 Å². The van der Waals surface area contributed by atoms with E-state index >= 15 is 0 Å². The Morgan fingerprint density at radius 2 is 1.49 bits per heavy atom. The van der Waals surface area contributed by atoms with Crippen molar-refractivity contribution >= 4 is 21.8 Å². The summed E-state index contributed by atoms with van der Waals surface area (Å²) in [6.07, 6.45) is 4.95. The van der Waals surface area contributed by atoms with Gasteiger partial charge in [-0.2, -0.15) is 15.6 Å². The summed E-state index contributed by atoms with van der Waals surface area (Å²) in [7, 11) is 0. The van der Waals surface area contributed by atoms with Crippen LogP contribution in [0.1, 0.15) is 27.8 Å². The van der Waals surface area contributed by atoms with Crippen molar-refractivity contribution in [2.24, 2.45) is 0 Å². The van der Waals surface area contributed by atoms with Gasteiger partial charge in [-0.05, 0) is 73.9 Å². The van der Waals surface area contributed by atoms with Crippen molar-refractivity contribution in [3.05, 3.63) is 131 Å². The standard InChI is InChI=1S/C37H25FN6O/c1-22-23(2)32(18-39)37(33(19-40)24(22)3)25-20-42-43(21-25)27-7-6-8-28(16-27)45-29-11-12-31-30-9-4-5-10-34(30)44(35(31)17-29)36-15-26(38)13-14-41-36/h4-17,20-21H,1-3H3. The first-order chi connectivity index (χ1) is 21.9. The third-order valence-corrected chi connectivity index (χ3v) is 8.37. The van der Waals surface area contributed by atoms with Gasteiger partial charge in [-0.25, -0.2) is 14.1 Å². The number of aromatic nitrogens is 4. The van der Waals surface area contributed by atoms with Crippen molar-refractivity contribution in [1.29, 1.82) is 10.5 Å². The Kier molecular flexibility index (Phi) is 6.61. The van der Waals surface area contributed by atoms with Gasteiger partial charge in [0.25, 0.3) is 0 Å². The second kappa shape index (κ2) is 10.8. The summed E-state index contributed by atoms with van der Waals surface area (Å²) in [5.41, 5.74) is 7.39. The highest BCUT2D eigenvalue weighted by Crippen LogP contribution is 2.37. The molecule has 4 aromatic carbocycles. The minimum absolute atomic E-state index is 0.364. The monoisotopic (exact) mass is 588 g/mol. The number of para-hydroxylation sites is 1. The molecule has 3 heterocycles. The molecule has 0 fully saturated rings. The smallest absolute Gasteiger partial charge is 0.140 e. The highest BCUT2D eigenvalue weighted by molar-refractivity contribution is 6.09. The fourth-order valence-corrected chi connectivity index (χ4v) is 5.92. The molecule has 0 bridgehead atoms. The van der Waals surface area contributed by atoms with Gasteiger partial charge in [-0.15, -0.1) is 0 Å². The largest absolute Gasteiger partial charge is 0.457 e. The van der Waals surface area contributed by atoms with Crippen LogP contribution in [0.2, 0.25) is 0 Å². The number of ether oxygens (including phenoxy) is 1.